The minimum Gasteiger partial charge on any atom is -0.490 e. The maximum absolute atomic E-state index is 6.07. The fraction of sp³-hybridized carbons (Fsp3) is 0.632. The van der Waals surface area contributed by atoms with Gasteiger partial charge in [-0.3, -0.25) is 9.89 Å². The summed E-state index contributed by atoms with van der Waals surface area (Å²) in [6, 6.07) is 6.80. The summed E-state index contributed by atoms with van der Waals surface area (Å²) in [4.78, 5) is 7.06. The van der Waals surface area contributed by atoms with E-state index in [1.54, 1.807) is 0 Å². The van der Waals surface area contributed by atoms with E-state index in [0.29, 0.717) is 37.8 Å². The van der Waals surface area contributed by atoms with E-state index < -0.39 is 0 Å². The number of rotatable bonds is 4. The predicted molar refractivity (Wildman–Crippen MR) is 102 cm³/mol. The first-order valence-corrected chi connectivity index (χ1v) is 9.36. The summed E-state index contributed by atoms with van der Waals surface area (Å²) < 4.78 is 11.4. The number of ether oxygens (including phenoxy) is 2. The number of hydrogen-bond acceptors (Lipinski definition) is 4. The molecule has 0 radical (unpaired) electrons. The molecule has 1 fully saturated rings. The zero-order valence-corrected chi connectivity index (χ0v) is 15.3. The van der Waals surface area contributed by atoms with Crippen molar-refractivity contribution in [1.82, 2.24) is 4.90 Å². The lowest BCUT2D eigenvalue weighted by Gasteiger charge is -2.37. The number of piperidine rings is 1. The quantitative estimate of drug-likeness (QED) is 0.648. The Bertz CT molecular complexity index is 605. The van der Waals surface area contributed by atoms with Crippen LogP contribution in [0.25, 0.3) is 0 Å². The molecule has 0 spiro atoms. The molecule has 0 bridgehead atoms. The molecule has 1 saturated heterocycles. The van der Waals surface area contributed by atoms with Gasteiger partial charge in [0.25, 0.3) is 0 Å². The Morgan fingerprint density at radius 3 is 2.88 bits per heavy atom. The number of likely N-dealkylation sites (tertiary alicyclic amines) is 1. The van der Waals surface area contributed by atoms with Crippen molar-refractivity contribution in [3.05, 3.63) is 18.2 Å². The number of hydrogen-bond donors (Lipinski definition) is 2. The summed E-state index contributed by atoms with van der Waals surface area (Å²) in [5.74, 6) is 1.98. The van der Waals surface area contributed by atoms with Gasteiger partial charge in [-0.1, -0.05) is 6.42 Å². The van der Waals surface area contributed by atoms with Gasteiger partial charge in [-0.05, 0) is 45.4 Å². The third-order valence-electron chi connectivity index (χ3n) is 4.97. The summed E-state index contributed by atoms with van der Waals surface area (Å²) >= 11 is 0. The van der Waals surface area contributed by atoms with E-state index in [4.69, 9.17) is 15.2 Å². The summed E-state index contributed by atoms with van der Waals surface area (Å²) in [7, 11) is 0. The van der Waals surface area contributed by atoms with Crippen molar-refractivity contribution in [2.24, 2.45) is 10.7 Å². The Morgan fingerprint density at radius 1 is 1.28 bits per heavy atom. The van der Waals surface area contributed by atoms with Crippen molar-refractivity contribution >= 4 is 11.6 Å². The van der Waals surface area contributed by atoms with Gasteiger partial charge in [-0.25, -0.2) is 0 Å². The Balaban J connectivity index is 1.57. The topological polar surface area (TPSA) is 72.1 Å². The Hall–Kier alpha value is -1.95. The van der Waals surface area contributed by atoms with E-state index in [1.165, 1.54) is 19.3 Å². The highest BCUT2D eigenvalue weighted by molar-refractivity contribution is 5.92. The number of aliphatic imine (C=N–C) groups is 1. The van der Waals surface area contributed by atoms with Crippen LogP contribution in [0.15, 0.2) is 23.2 Å². The van der Waals surface area contributed by atoms with Gasteiger partial charge in [0.2, 0.25) is 0 Å². The largest absolute Gasteiger partial charge is 0.490 e. The van der Waals surface area contributed by atoms with Gasteiger partial charge >= 0.3 is 0 Å². The molecule has 1 aromatic rings. The second-order valence-corrected chi connectivity index (χ2v) is 6.99. The number of guanidine groups is 1. The fourth-order valence-electron chi connectivity index (χ4n) is 3.54. The van der Waals surface area contributed by atoms with Crippen molar-refractivity contribution < 1.29 is 9.47 Å². The van der Waals surface area contributed by atoms with Crippen LogP contribution in [0.2, 0.25) is 0 Å². The number of nitrogens with one attached hydrogen (secondary N) is 1. The van der Waals surface area contributed by atoms with Gasteiger partial charge in [0, 0.05) is 30.3 Å². The molecule has 0 amide bonds. The Labute approximate surface area is 150 Å². The predicted octanol–water partition coefficient (Wildman–Crippen LogP) is 2.84. The van der Waals surface area contributed by atoms with Crippen LogP contribution in [0.3, 0.4) is 0 Å². The van der Waals surface area contributed by atoms with E-state index in [-0.39, 0.29) is 0 Å². The van der Waals surface area contributed by atoms with Crippen LogP contribution in [0.1, 0.15) is 39.5 Å². The minimum atomic E-state index is 0.402. The van der Waals surface area contributed by atoms with E-state index in [0.717, 1.165) is 30.2 Å². The standard InChI is InChI=1S/C19H30N4O2/c1-14-6-3-4-9-23(14)15(2)13-21-19(20)22-16-7-8-17-18(12-16)25-11-5-10-24-17/h7-8,12,14-15H,3-6,9-11,13H2,1-2H3,(H3,20,21,22). The van der Waals surface area contributed by atoms with Crippen molar-refractivity contribution in [3.63, 3.8) is 0 Å². The second-order valence-electron chi connectivity index (χ2n) is 6.99. The maximum atomic E-state index is 6.07. The number of nitrogens with two attached hydrogens (primary N) is 1. The molecule has 3 rings (SSSR count). The molecule has 2 aliphatic rings. The Kier molecular flexibility index (Phi) is 6.02. The minimum absolute atomic E-state index is 0.402. The molecule has 3 N–H and O–H groups in total. The van der Waals surface area contributed by atoms with Crippen molar-refractivity contribution in [1.29, 1.82) is 0 Å². The molecule has 25 heavy (non-hydrogen) atoms. The molecule has 138 valence electrons. The summed E-state index contributed by atoms with van der Waals surface area (Å²) in [5, 5.41) is 3.16. The van der Waals surface area contributed by atoms with Crippen LogP contribution in [0.4, 0.5) is 5.69 Å². The molecule has 2 heterocycles. The van der Waals surface area contributed by atoms with E-state index in [2.05, 4.69) is 29.1 Å². The molecular weight excluding hydrogens is 316 g/mol. The molecule has 6 nitrogen and oxygen atoms in total. The lowest BCUT2D eigenvalue weighted by atomic mass is 10.0. The molecule has 1 aromatic carbocycles. The molecule has 2 atom stereocenters. The molecule has 0 saturated carbocycles. The highest BCUT2D eigenvalue weighted by Crippen LogP contribution is 2.32. The molecule has 0 aromatic heterocycles. The fourth-order valence-corrected chi connectivity index (χ4v) is 3.54. The van der Waals surface area contributed by atoms with E-state index in [9.17, 15) is 0 Å². The Morgan fingerprint density at radius 2 is 2.08 bits per heavy atom. The molecule has 6 heteroatoms. The normalized spacial score (nSPS) is 23.0. The van der Waals surface area contributed by atoms with E-state index in [1.807, 2.05) is 18.2 Å². The smallest absolute Gasteiger partial charge is 0.193 e. The highest BCUT2D eigenvalue weighted by Gasteiger charge is 2.22. The van der Waals surface area contributed by atoms with Gasteiger partial charge in [0.05, 0.1) is 19.8 Å². The third kappa shape index (κ3) is 4.78. The van der Waals surface area contributed by atoms with Gasteiger partial charge in [-0.2, -0.15) is 0 Å². The first-order valence-electron chi connectivity index (χ1n) is 9.36. The lowest BCUT2D eigenvalue weighted by molar-refractivity contribution is 0.118. The zero-order chi connectivity index (χ0) is 17.6. The second kappa shape index (κ2) is 8.43. The van der Waals surface area contributed by atoms with Gasteiger partial charge < -0.3 is 20.5 Å². The number of fused-ring (bicyclic) bond motifs is 1. The van der Waals surface area contributed by atoms with Crippen LogP contribution in [0, 0.1) is 0 Å². The van der Waals surface area contributed by atoms with Gasteiger partial charge in [-0.15, -0.1) is 0 Å². The number of anilines is 1. The molecule has 2 aliphatic heterocycles. The van der Waals surface area contributed by atoms with Crippen LogP contribution in [0.5, 0.6) is 11.5 Å². The zero-order valence-electron chi connectivity index (χ0n) is 15.3. The number of benzene rings is 1. The van der Waals surface area contributed by atoms with Crippen molar-refractivity contribution in [2.75, 3.05) is 31.6 Å². The van der Waals surface area contributed by atoms with Crippen LogP contribution in [-0.4, -0.2) is 49.2 Å². The average Bonchev–Trinajstić information content (AvgIpc) is 2.85. The molecular formula is C19H30N4O2. The van der Waals surface area contributed by atoms with Gasteiger partial charge in [0.15, 0.2) is 17.5 Å². The third-order valence-corrected chi connectivity index (χ3v) is 4.97. The first kappa shape index (κ1) is 17.9. The van der Waals surface area contributed by atoms with Crippen LogP contribution < -0.4 is 20.5 Å². The number of nitrogens with zero attached hydrogens (tertiary/aromatic N) is 2. The van der Waals surface area contributed by atoms with Gasteiger partial charge in [0.1, 0.15) is 0 Å². The summed E-state index contributed by atoms with van der Waals surface area (Å²) in [6.07, 6.45) is 4.79. The maximum Gasteiger partial charge on any atom is 0.193 e. The molecule has 2 unspecified atom stereocenters. The summed E-state index contributed by atoms with van der Waals surface area (Å²) in [6.45, 7) is 7.76. The average molecular weight is 346 g/mol. The van der Waals surface area contributed by atoms with Crippen molar-refractivity contribution in [2.45, 2.75) is 51.6 Å². The van der Waals surface area contributed by atoms with Crippen molar-refractivity contribution in [3.8, 4) is 11.5 Å². The van der Waals surface area contributed by atoms with Crippen LogP contribution >= 0.6 is 0 Å². The first-order chi connectivity index (χ1) is 12.1. The summed E-state index contributed by atoms with van der Waals surface area (Å²) in [5.41, 5.74) is 6.94. The van der Waals surface area contributed by atoms with E-state index >= 15 is 0 Å². The van der Waals surface area contributed by atoms with Crippen LogP contribution in [-0.2, 0) is 0 Å². The molecule has 0 aliphatic carbocycles. The monoisotopic (exact) mass is 346 g/mol. The lowest BCUT2D eigenvalue weighted by Crippen LogP contribution is -2.45. The SMILES string of the molecule is CC1CCCCN1C(C)CN=C(N)Nc1ccc2c(c1)OCCCO2. The highest BCUT2D eigenvalue weighted by atomic mass is 16.5.